The quantitative estimate of drug-likeness (QED) is 0.268. The summed E-state index contributed by atoms with van der Waals surface area (Å²) in [4.78, 5) is 33.5. The van der Waals surface area contributed by atoms with E-state index in [1.54, 1.807) is 19.1 Å². The van der Waals surface area contributed by atoms with Gasteiger partial charge >= 0.3 is 0 Å². The lowest BCUT2D eigenvalue weighted by Gasteiger charge is -2.16. The molecule has 0 fully saturated rings. The van der Waals surface area contributed by atoms with Crippen LogP contribution in [0.1, 0.15) is 32.3 Å². The average Bonchev–Trinajstić information content (AvgIpc) is 3.19. The number of para-hydroxylation sites is 1. The molecule has 0 spiro atoms. The number of H-pyrrole nitrogens is 1. The zero-order chi connectivity index (χ0) is 22.8. The second-order valence-electron chi connectivity index (χ2n) is 7.70. The van der Waals surface area contributed by atoms with Gasteiger partial charge in [0.25, 0.3) is 5.56 Å². The van der Waals surface area contributed by atoms with Crippen molar-refractivity contribution in [1.29, 1.82) is 0 Å². The number of hydrogen-bond acceptors (Lipinski definition) is 5. The van der Waals surface area contributed by atoms with Gasteiger partial charge < -0.3 is 10.3 Å². The van der Waals surface area contributed by atoms with Crippen LogP contribution in [0.5, 0.6) is 0 Å². The molecule has 0 radical (unpaired) electrons. The average molecular weight is 468 g/mol. The summed E-state index contributed by atoms with van der Waals surface area (Å²) in [6.07, 6.45) is 0. The van der Waals surface area contributed by atoms with Crippen LogP contribution in [-0.4, -0.2) is 21.1 Å². The Kier molecular flexibility index (Phi) is 6.43. The van der Waals surface area contributed by atoms with E-state index < -0.39 is 5.25 Å². The molecule has 1 atom stereocenters. The molecule has 164 valence electrons. The summed E-state index contributed by atoms with van der Waals surface area (Å²) >= 11 is 2.55. The number of benzene rings is 2. The number of aromatic nitrogens is 2. The minimum absolute atomic E-state index is 0.163. The Bertz CT molecular complexity index is 1330. The van der Waals surface area contributed by atoms with E-state index in [4.69, 9.17) is 0 Å². The number of carbonyl (C=O) groups is 1. The Hall–Kier alpha value is -2.97. The lowest BCUT2D eigenvalue weighted by atomic mass is 10.0. The monoisotopic (exact) mass is 467 g/mol. The third-order valence-electron chi connectivity index (χ3n) is 5.08. The SMILES string of the molecule is CC(Sc1nc2scc(-c3ccc(F)cc3)c2c(=O)[nH]1)C(=O)Nc1ccccc1C(C)C. The molecule has 1 amide bonds. The summed E-state index contributed by atoms with van der Waals surface area (Å²) in [7, 11) is 0. The van der Waals surface area contributed by atoms with Crippen LogP contribution in [0.3, 0.4) is 0 Å². The van der Waals surface area contributed by atoms with E-state index in [9.17, 15) is 14.0 Å². The van der Waals surface area contributed by atoms with Crippen LogP contribution in [0.4, 0.5) is 10.1 Å². The minimum atomic E-state index is -0.465. The topological polar surface area (TPSA) is 74.8 Å². The highest BCUT2D eigenvalue weighted by Gasteiger charge is 2.20. The fourth-order valence-electron chi connectivity index (χ4n) is 3.40. The van der Waals surface area contributed by atoms with E-state index in [1.165, 1.54) is 35.2 Å². The molecule has 0 aliphatic rings. The summed E-state index contributed by atoms with van der Waals surface area (Å²) in [6, 6.07) is 13.7. The van der Waals surface area contributed by atoms with Gasteiger partial charge in [-0.05, 0) is 42.2 Å². The number of carbonyl (C=O) groups excluding carboxylic acids is 1. The Balaban J connectivity index is 1.55. The van der Waals surface area contributed by atoms with Crippen LogP contribution in [0, 0.1) is 5.82 Å². The zero-order valence-corrected chi connectivity index (χ0v) is 19.4. The molecule has 4 rings (SSSR count). The number of amides is 1. The van der Waals surface area contributed by atoms with Crippen molar-refractivity contribution < 1.29 is 9.18 Å². The Labute approximate surface area is 193 Å². The summed E-state index contributed by atoms with van der Waals surface area (Å²) in [5.74, 6) is -0.213. The number of hydrogen-bond donors (Lipinski definition) is 2. The number of nitrogens with zero attached hydrogens (tertiary/aromatic N) is 1. The third kappa shape index (κ3) is 4.61. The molecule has 0 aliphatic heterocycles. The molecular weight excluding hydrogens is 445 g/mol. The van der Waals surface area contributed by atoms with E-state index >= 15 is 0 Å². The van der Waals surface area contributed by atoms with Crippen molar-refractivity contribution in [2.75, 3.05) is 5.32 Å². The Morgan fingerprint density at radius 2 is 1.84 bits per heavy atom. The molecule has 32 heavy (non-hydrogen) atoms. The summed E-state index contributed by atoms with van der Waals surface area (Å²) in [5, 5.41) is 5.21. The molecule has 2 N–H and O–H groups in total. The molecule has 8 heteroatoms. The second-order valence-corrected chi connectivity index (χ2v) is 9.89. The van der Waals surface area contributed by atoms with Gasteiger partial charge in [0.05, 0.1) is 10.6 Å². The van der Waals surface area contributed by atoms with Gasteiger partial charge in [-0.3, -0.25) is 9.59 Å². The molecule has 0 saturated heterocycles. The number of aromatic amines is 1. The third-order valence-corrected chi connectivity index (χ3v) is 6.93. The van der Waals surface area contributed by atoms with Crippen LogP contribution < -0.4 is 10.9 Å². The minimum Gasteiger partial charge on any atom is -0.325 e. The molecule has 0 saturated carbocycles. The van der Waals surface area contributed by atoms with Gasteiger partial charge in [0.1, 0.15) is 10.6 Å². The number of nitrogens with one attached hydrogen (secondary N) is 2. The van der Waals surface area contributed by atoms with E-state index in [0.717, 1.165) is 16.8 Å². The summed E-state index contributed by atoms with van der Waals surface area (Å²) in [6.45, 7) is 5.93. The van der Waals surface area contributed by atoms with Gasteiger partial charge in [-0.15, -0.1) is 11.3 Å². The first-order chi connectivity index (χ1) is 15.3. The number of rotatable bonds is 6. The molecule has 2 heterocycles. The number of fused-ring (bicyclic) bond motifs is 1. The van der Waals surface area contributed by atoms with Gasteiger partial charge in [0, 0.05) is 16.6 Å². The van der Waals surface area contributed by atoms with E-state index in [2.05, 4.69) is 29.1 Å². The van der Waals surface area contributed by atoms with Gasteiger partial charge in [-0.25, -0.2) is 9.37 Å². The standard InChI is InChI=1S/C24H22FN3O2S2/c1-13(2)17-6-4-5-7-19(17)26-21(29)14(3)32-24-27-22(30)20-18(12-31-23(20)28-24)15-8-10-16(25)11-9-15/h4-14H,1-3H3,(H,26,29)(H,27,28,30). The molecule has 5 nitrogen and oxygen atoms in total. The molecule has 4 aromatic rings. The van der Waals surface area contributed by atoms with E-state index in [0.29, 0.717) is 20.9 Å². The van der Waals surface area contributed by atoms with E-state index in [1.807, 2.05) is 29.6 Å². The maximum Gasteiger partial charge on any atom is 0.260 e. The number of halogens is 1. The maximum absolute atomic E-state index is 13.2. The van der Waals surface area contributed by atoms with Crippen molar-refractivity contribution in [3.63, 3.8) is 0 Å². The summed E-state index contributed by atoms with van der Waals surface area (Å²) in [5.41, 5.74) is 3.04. The smallest absolute Gasteiger partial charge is 0.260 e. The van der Waals surface area contributed by atoms with E-state index in [-0.39, 0.29) is 23.2 Å². The predicted octanol–water partition coefficient (Wildman–Crippen LogP) is 6.03. The molecule has 2 aromatic heterocycles. The first kappa shape index (κ1) is 22.2. The lowest BCUT2D eigenvalue weighted by molar-refractivity contribution is -0.115. The van der Waals surface area contributed by atoms with Gasteiger partial charge in [0.15, 0.2) is 5.16 Å². The number of anilines is 1. The summed E-state index contributed by atoms with van der Waals surface area (Å²) < 4.78 is 13.2. The van der Waals surface area contributed by atoms with Crippen molar-refractivity contribution in [2.24, 2.45) is 0 Å². The molecule has 2 aromatic carbocycles. The zero-order valence-electron chi connectivity index (χ0n) is 17.8. The second kappa shape index (κ2) is 9.26. The fourth-order valence-corrected chi connectivity index (χ4v) is 5.20. The first-order valence-corrected chi connectivity index (χ1v) is 11.9. The number of thioether (sulfide) groups is 1. The van der Waals surface area contributed by atoms with Crippen LogP contribution in [0.15, 0.2) is 63.9 Å². The molecule has 1 unspecified atom stereocenters. The van der Waals surface area contributed by atoms with Gasteiger partial charge in [-0.1, -0.05) is 55.9 Å². The highest BCUT2D eigenvalue weighted by molar-refractivity contribution is 8.00. The van der Waals surface area contributed by atoms with Crippen molar-refractivity contribution >= 4 is 44.9 Å². The van der Waals surface area contributed by atoms with Crippen molar-refractivity contribution in [3.05, 3.63) is 75.6 Å². The normalized spacial score (nSPS) is 12.3. The first-order valence-electron chi connectivity index (χ1n) is 10.2. The van der Waals surface area contributed by atoms with Crippen LogP contribution in [0.2, 0.25) is 0 Å². The highest BCUT2D eigenvalue weighted by Crippen LogP contribution is 2.32. The van der Waals surface area contributed by atoms with Crippen LogP contribution in [-0.2, 0) is 4.79 Å². The predicted molar refractivity (Wildman–Crippen MR) is 130 cm³/mol. The van der Waals surface area contributed by atoms with Gasteiger partial charge in [0.2, 0.25) is 5.91 Å². The van der Waals surface area contributed by atoms with Crippen LogP contribution in [0.25, 0.3) is 21.3 Å². The van der Waals surface area contributed by atoms with Crippen molar-refractivity contribution in [1.82, 2.24) is 9.97 Å². The largest absolute Gasteiger partial charge is 0.325 e. The lowest BCUT2D eigenvalue weighted by Crippen LogP contribution is -2.24. The maximum atomic E-state index is 13.2. The molecular formula is C24H22FN3O2S2. The molecule has 0 aliphatic carbocycles. The Morgan fingerprint density at radius 3 is 2.56 bits per heavy atom. The number of thiophene rings is 1. The van der Waals surface area contributed by atoms with Crippen LogP contribution >= 0.6 is 23.1 Å². The molecule has 0 bridgehead atoms. The van der Waals surface area contributed by atoms with Crippen molar-refractivity contribution in [2.45, 2.75) is 37.1 Å². The van der Waals surface area contributed by atoms with Crippen molar-refractivity contribution in [3.8, 4) is 11.1 Å². The van der Waals surface area contributed by atoms with Gasteiger partial charge in [-0.2, -0.15) is 0 Å². The highest BCUT2D eigenvalue weighted by atomic mass is 32.2. The fraction of sp³-hybridized carbons (Fsp3) is 0.208. The Morgan fingerprint density at radius 1 is 1.12 bits per heavy atom.